The van der Waals surface area contributed by atoms with Crippen LogP contribution < -0.4 is 5.32 Å². The topological polar surface area (TPSA) is 41.5 Å². The Morgan fingerprint density at radius 2 is 1.90 bits per heavy atom. The molecule has 3 saturated carbocycles. The molecule has 2 N–H and O–H groups in total. The summed E-state index contributed by atoms with van der Waals surface area (Å²) in [6.07, 6.45) is 12.1. The van der Waals surface area contributed by atoms with Gasteiger partial charge in [0.1, 0.15) is 0 Å². The van der Waals surface area contributed by atoms with Gasteiger partial charge >= 0.3 is 0 Å². The van der Waals surface area contributed by atoms with E-state index in [9.17, 15) is 5.11 Å². The molecule has 0 amide bonds. The first-order valence-corrected chi connectivity index (χ1v) is 8.71. The Morgan fingerprint density at radius 1 is 1.15 bits per heavy atom. The smallest absolute Gasteiger partial charge is 0.0661 e. The highest BCUT2D eigenvalue weighted by Gasteiger charge is 2.56. The average molecular weight is 281 g/mol. The summed E-state index contributed by atoms with van der Waals surface area (Å²) < 4.78 is 6.02. The third-order valence-electron chi connectivity index (χ3n) is 6.26. The standard InChI is InChI=1S/C17H31NO2/c1-2-20-15-12-14(17(15)6-4-3-5-7-17)18-13-16(8-9-16)10-11-19/h14-15,18-19H,2-13H2,1H3. The summed E-state index contributed by atoms with van der Waals surface area (Å²) in [4.78, 5) is 0. The van der Waals surface area contributed by atoms with Crippen molar-refractivity contribution in [1.82, 2.24) is 5.32 Å². The maximum atomic E-state index is 9.18. The van der Waals surface area contributed by atoms with Crippen LogP contribution in [0.25, 0.3) is 0 Å². The van der Waals surface area contributed by atoms with Crippen molar-refractivity contribution in [3.05, 3.63) is 0 Å². The van der Waals surface area contributed by atoms with Crippen LogP contribution >= 0.6 is 0 Å². The summed E-state index contributed by atoms with van der Waals surface area (Å²) in [6, 6.07) is 0.663. The van der Waals surface area contributed by atoms with E-state index in [1.807, 2.05) is 0 Å². The van der Waals surface area contributed by atoms with Gasteiger partial charge in [-0.05, 0) is 50.9 Å². The number of nitrogens with one attached hydrogen (secondary N) is 1. The third-order valence-corrected chi connectivity index (χ3v) is 6.26. The average Bonchev–Trinajstić information content (AvgIpc) is 3.23. The maximum Gasteiger partial charge on any atom is 0.0661 e. The van der Waals surface area contributed by atoms with Gasteiger partial charge in [0.25, 0.3) is 0 Å². The first-order chi connectivity index (χ1) is 9.75. The predicted octanol–water partition coefficient (Wildman–Crippen LogP) is 2.87. The fraction of sp³-hybridized carbons (Fsp3) is 1.00. The molecule has 2 atom stereocenters. The van der Waals surface area contributed by atoms with Gasteiger partial charge in [-0.25, -0.2) is 0 Å². The molecule has 3 nitrogen and oxygen atoms in total. The zero-order valence-corrected chi connectivity index (χ0v) is 13.0. The van der Waals surface area contributed by atoms with Crippen LogP contribution in [0.3, 0.4) is 0 Å². The molecule has 3 aliphatic rings. The molecule has 0 aromatic carbocycles. The lowest BCUT2D eigenvalue weighted by molar-refractivity contribution is -0.150. The Balaban J connectivity index is 1.56. The Kier molecular flexibility index (Phi) is 4.40. The van der Waals surface area contributed by atoms with Crippen LogP contribution in [-0.2, 0) is 4.74 Å². The molecule has 0 radical (unpaired) electrons. The molecule has 0 aromatic heterocycles. The summed E-state index contributed by atoms with van der Waals surface area (Å²) in [7, 11) is 0. The second kappa shape index (κ2) is 5.94. The largest absolute Gasteiger partial charge is 0.396 e. The van der Waals surface area contributed by atoms with E-state index < -0.39 is 0 Å². The Bertz CT molecular complexity index is 321. The summed E-state index contributed by atoms with van der Waals surface area (Å²) >= 11 is 0. The zero-order chi connectivity index (χ0) is 14.1. The van der Waals surface area contributed by atoms with Crippen LogP contribution in [0.15, 0.2) is 0 Å². The summed E-state index contributed by atoms with van der Waals surface area (Å²) in [5.41, 5.74) is 0.866. The van der Waals surface area contributed by atoms with Gasteiger partial charge in [-0.1, -0.05) is 19.3 Å². The molecule has 1 spiro atoms. The van der Waals surface area contributed by atoms with Crippen molar-refractivity contribution < 1.29 is 9.84 Å². The maximum absolute atomic E-state index is 9.18. The lowest BCUT2D eigenvalue weighted by Crippen LogP contribution is -2.65. The lowest BCUT2D eigenvalue weighted by Gasteiger charge is -2.58. The lowest BCUT2D eigenvalue weighted by atomic mass is 9.55. The van der Waals surface area contributed by atoms with Gasteiger partial charge in [-0.15, -0.1) is 0 Å². The van der Waals surface area contributed by atoms with Crippen molar-refractivity contribution in [2.24, 2.45) is 10.8 Å². The highest BCUT2D eigenvalue weighted by Crippen LogP contribution is 2.54. The number of rotatable bonds is 7. The summed E-state index contributed by atoms with van der Waals surface area (Å²) in [5, 5.41) is 13.0. The molecule has 0 saturated heterocycles. The first kappa shape index (κ1) is 14.8. The molecule has 116 valence electrons. The highest BCUT2D eigenvalue weighted by molar-refractivity contribution is 5.10. The minimum absolute atomic E-state index is 0.346. The van der Waals surface area contributed by atoms with E-state index in [0.717, 1.165) is 19.6 Å². The zero-order valence-electron chi connectivity index (χ0n) is 13.0. The molecule has 0 bridgehead atoms. The Labute approximate surface area is 123 Å². The Morgan fingerprint density at radius 3 is 2.50 bits per heavy atom. The van der Waals surface area contributed by atoms with Crippen LogP contribution in [0.4, 0.5) is 0 Å². The quantitative estimate of drug-likeness (QED) is 0.754. The van der Waals surface area contributed by atoms with Crippen molar-refractivity contribution >= 4 is 0 Å². The molecular formula is C17H31NO2. The molecular weight excluding hydrogens is 250 g/mol. The first-order valence-electron chi connectivity index (χ1n) is 8.71. The van der Waals surface area contributed by atoms with Crippen LogP contribution in [0.5, 0.6) is 0 Å². The van der Waals surface area contributed by atoms with E-state index in [4.69, 9.17) is 4.74 Å². The Hall–Kier alpha value is -0.120. The van der Waals surface area contributed by atoms with Gasteiger partial charge in [-0.2, -0.15) is 0 Å². The number of aliphatic hydroxyl groups is 1. The molecule has 3 heteroatoms. The molecule has 3 rings (SSSR count). The molecule has 0 aromatic rings. The van der Waals surface area contributed by atoms with E-state index in [1.165, 1.54) is 51.4 Å². The predicted molar refractivity (Wildman–Crippen MR) is 80.7 cm³/mol. The normalized spacial score (nSPS) is 33.9. The fourth-order valence-electron chi connectivity index (χ4n) is 4.62. The molecule has 2 unspecified atom stereocenters. The summed E-state index contributed by atoms with van der Waals surface area (Å²) in [6.45, 7) is 4.43. The molecule has 3 fully saturated rings. The summed E-state index contributed by atoms with van der Waals surface area (Å²) in [5.74, 6) is 0. The van der Waals surface area contributed by atoms with Crippen molar-refractivity contribution in [2.75, 3.05) is 19.8 Å². The van der Waals surface area contributed by atoms with E-state index in [2.05, 4.69) is 12.2 Å². The van der Waals surface area contributed by atoms with Crippen molar-refractivity contribution in [2.45, 2.75) is 76.9 Å². The SMILES string of the molecule is CCOC1CC(NCC2(CCO)CC2)C12CCCCC2. The van der Waals surface area contributed by atoms with Gasteiger partial charge in [0.15, 0.2) is 0 Å². The van der Waals surface area contributed by atoms with Gasteiger partial charge in [0.2, 0.25) is 0 Å². The fourth-order valence-corrected chi connectivity index (χ4v) is 4.62. The number of hydrogen-bond donors (Lipinski definition) is 2. The molecule has 0 aliphatic heterocycles. The van der Waals surface area contributed by atoms with Gasteiger partial charge in [0, 0.05) is 31.2 Å². The van der Waals surface area contributed by atoms with Gasteiger partial charge < -0.3 is 15.2 Å². The van der Waals surface area contributed by atoms with Gasteiger partial charge in [0.05, 0.1) is 6.10 Å². The van der Waals surface area contributed by atoms with Crippen LogP contribution in [-0.4, -0.2) is 37.0 Å². The highest BCUT2D eigenvalue weighted by atomic mass is 16.5. The van der Waals surface area contributed by atoms with Crippen LogP contribution in [0.2, 0.25) is 0 Å². The van der Waals surface area contributed by atoms with Crippen molar-refractivity contribution in [3.63, 3.8) is 0 Å². The monoisotopic (exact) mass is 281 g/mol. The van der Waals surface area contributed by atoms with E-state index in [1.54, 1.807) is 0 Å². The van der Waals surface area contributed by atoms with Crippen LogP contribution in [0.1, 0.15) is 64.7 Å². The van der Waals surface area contributed by atoms with Crippen molar-refractivity contribution in [3.8, 4) is 0 Å². The van der Waals surface area contributed by atoms with Gasteiger partial charge in [-0.3, -0.25) is 0 Å². The minimum atomic E-state index is 0.346. The minimum Gasteiger partial charge on any atom is -0.396 e. The van der Waals surface area contributed by atoms with E-state index in [0.29, 0.717) is 29.6 Å². The molecule has 20 heavy (non-hydrogen) atoms. The second-order valence-electron chi connectivity index (χ2n) is 7.38. The number of aliphatic hydroxyl groups excluding tert-OH is 1. The molecule has 3 aliphatic carbocycles. The molecule has 0 heterocycles. The second-order valence-corrected chi connectivity index (χ2v) is 7.38. The van der Waals surface area contributed by atoms with Crippen molar-refractivity contribution in [1.29, 1.82) is 0 Å². The van der Waals surface area contributed by atoms with E-state index in [-0.39, 0.29) is 0 Å². The van der Waals surface area contributed by atoms with E-state index >= 15 is 0 Å². The number of hydrogen-bond acceptors (Lipinski definition) is 3. The van der Waals surface area contributed by atoms with Crippen LogP contribution in [0, 0.1) is 10.8 Å². The number of ether oxygens (including phenoxy) is 1. The third kappa shape index (κ3) is 2.65.